The molecule has 0 aliphatic rings. The van der Waals surface area contributed by atoms with Crippen LogP contribution in [0.1, 0.15) is 16.1 Å². The Morgan fingerprint density at radius 2 is 2.22 bits per heavy atom. The summed E-state index contributed by atoms with van der Waals surface area (Å²) in [4.78, 5) is 11.2. The molecule has 0 bridgehead atoms. The predicted octanol–water partition coefficient (Wildman–Crippen LogP) is 1.60. The van der Waals surface area contributed by atoms with Crippen molar-refractivity contribution in [3.05, 3.63) is 53.7 Å². The van der Waals surface area contributed by atoms with E-state index in [-0.39, 0.29) is 17.9 Å². The number of nitrogens with one attached hydrogen (secondary N) is 1. The van der Waals surface area contributed by atoms with E-state index in [1.807, 2.05) is 5.43 Å². The number of nitrogens with two attached hydrogens (primary N) is 1. The zero-order valence-electron chi connectivity index (χ0n) is 9.35. The third-order valence-electron chi connectivity index (χ3n) is 2.25. The second-order valence-electron chi connectivity index (χ2n) is 3.49. The number of ether oxygens (including phenoxy) is 1. The second-order valence-corrected chi connectivity index (χ2v) is 3.49. The van der Waals surface area contributed by atoms with Gasteiger partial charge in [-0.2, -0.15) is 0 Å². The Labute approximate surface area is 102 Å². The molecule has 2 rings (SSSR count). The van der Waals surface area contributed by atoms with Crippen molar-refractivity contribution in [1.29, 1.82) is 0 Å². The lowest BCUT2D eigenvalue weighted by molar-refractivity contribution is 0.0953. The van der Waals surface area contributed by atoms with Crippen LogP contribution in [-0.2, 0) is 6.61 Å². The molecule has 0 radical (unpaired) electrons. The van der Waals surface area contributed by atoms with Crippen LogP contribution in [0, 0.1) is 5.82 Å². The van der Waals surface area contributed by atoms with Gasteiger partial charge in [0.25, 0.3) is 5.91 Å². The Bertz CT molecular complexity index is 554. The minimum atomic E-state index is -0.462. The first-order chi connectivity index (χ1) is 8.70. The minimum absolute atomic E-state index is 0.0266. The van der Waals surface area contributed by atoms with Gasteiger partial charge in [0, 0.05) is 0 Å². The van der Waals surface area contributed by atoms with E-state index in [0.717, 1.165) is 0 Å². The summed E-state index contributed by atoms with van der Waals surface area (Å²) < 4.78 is 23.5. The molecule has 18 heavy (non-hydrogen) atoms. The molecular formula is C12H11FN2O3. The van der Waals surface area contributed by atoms with Crippen molar-refractivity contribution < 1.29 is 18.3 Å². The van der Waals surface area contributed by atoms with Gasteiger partial charge in [0.2, 0.25) is 0 Å². The fourth-order valence-corrected chi connectivity index (χ4v) is 1.37. The average molecular weight is 250 g/mol. The number of hydrazine groups is 1. The SMILES string of the molecule is NNC(=O)c1coc(COc2ccccc2F)c1. The highest BCUT2D eigenvalue weighted by atomic mass is 19.1. The van der Waals surface area contributed by atoms with Crippen molar-refractivity contribution in [2.75, 3.05) is 0 Å². The van der Waals surface area contributed by atoms with Gasteiger partial charge in [0.05, 0.1) is 5.56 Å². The van der Waals surface area contributed by atoms with E-state index in [1.165, 1.54) is 24.5 Å². The Morgan fingerprint density at radius 1 is 1.44 bits per heavy atom. The summed E-state index contributed by atoms with van der Waals surface area (Å²) in [7, 11) is 0. The van der Waals surface area contributed by atoms with Crippen LogP contribution in [0.2, 0.25) is 0 Å². The number of hydrogen-bond donors (Lipinski definition) is 2. The summed E-state index contributed by atoms with van der Waals surface area (Å²) in [5.74, 6) is 4.58. The quantitative estimate of drug-likeness (QED) is 0.491. The van der Waals surface area contributed by atoms with Crippen molar-refractivity contribution in [3.8, 4) is 5.75 Å². The van der Waals surface area contributed by atoms with E-state index in [2.05, 4.69) is 0 Å². The third kappa shape index (κ3) is 2.67. The van der Waals surface area contributed by atoms with Gasteiger partial charge in [-0.05, 0) is 18.2 Å². The van der Waals surface area contributed by atoms with Crippen molar-refractivity contribution >= 4 is 5.91 Å². The van der Waals surface area contributed by atoms with E-state index >= 15 is 0 Å². The molecule has 1 heterocycles. The molecular weight excluding hydrogens is 239 g/mol. The molecule has 1 amide bonds. The molecule has 1 aromatic carbocycles. The summed E-state index contributed by atoms with van der Waals surface area (Å²) >= 11 is 0. The number of furan rings is 1. The van der Waals surface area contributed by atoms with Crippen LogP contribution >= 0.6 is 0 Å². The van der Waals surface area contributed by atoms with E-state index in [4.69, 9.17) is 15.0 Å². The fourth-order valence-electron chi connectivity index (χ4n) is 1.37. The second kappa shape index (κ2) is 5.33. The van der Waals surface area contributed by atoms with Crippen LogP contribution in [0.25, 0.3) is 0 Å². The number of halogens is 1. The molecule has 1 aromatic heterocycles. The zero-order chi connectivity index (χ0) is 13.0. The molecule has 0 unspecified atom stereocenters. The lowest BCUT2D eigenvalue weighted by Gasteiger charge is -2.04. The first-order valence-corrected chi connectivity index (χ1v) is 5.16. The van der Waals surface area contributed by atoms with Crippen LogP contribution in [0.4, 0.5) is 4.39 Å². The van der Waals surface area contributed by atoms with Crippen LogP contribution in [0.15, 0.2) is 41.0 Å². The van der Waals surface area contributed by atoms with Crippen molar-refractivity contribution in [2.24, 2.45) is 5.84 Å². The highest BCUT2D eigenvalue weighted by Crippen LogP contribution is 2.17. The number of hydrogen-bond acceptors (Lipinski definition) is 4. The molecule has 0 saturated heterocycles. The molecule has 0 atom stereocenters. The molecule has 3 N–H and O–H groups in total. The third-order valence-corrected chi connectivity index (χ3v) is 2.25. The summed E-state index contributed by atoms with van der Waals surface area (Å²) in [6.07, 6.45) is 1.25. The number of para-hydroxylation sites is 1. The van der Waals surface area contributed by atoms with E-state index in [1.54, 1.807) is 12.1 Å². The van der Waals surface area contributed by atoms with Gasteiger partial charge >= 0.3 is 0 Å². The maximum absolute atomic E-state index is 13.2. The van der Waals surface area contributed by atoms with Gasteiger partial charge in [0.1, 0.15) is 18.6 Å². The molecule has 0 aliphatic heterocycles. The largest absolute Gasteiger partial charge is 0.483 e. The van der Waals surface area contributed by atoms with Gasteiger partial charge in [-0.1, -0.05) is 12.1 Å². The number of benzene rings is 1. The molecule has 0 spiro atoms. The lowest BCUT2D eigenvalue weighted by atomic mass is 10.3. The smallest absolute Gasteiger partial charge is 0.268 e. The maximum Gasteiger partial charge on any atom is 0.268 e. The lowest BCUT2D eigenvalue weighted by Crippen LogP contribution is -2.29. The summed E-state index contributed by atoms with van der Waals surface area (Å²) in [6, 6.07) is 7.51. The molecule has 0 fully saturated rings. The minimum Gasteiger partial charge on any atom is -0.483 e. The Morgan fingerprint density at radius 3 is 2.94 bits per heavy atom. The average Bonchev–Trinajstić information content (AvgIpc) is 2.86. The topological polar surface area (TPSA) is 77.5 Å². The molecule has 0 aliphatic carbocycles. The van der Waals surface area contributed by atoms with Crippen LogP contribution in [-0.4, -0.2) is 5.91 Å². The normalized spacial score (nSPS) is 10.1. The van der Waals surface area contributed by atoms with Gasteiger partial charge < -0.3 is 9.15 Å². The van der Waals surface area contributed by atoms with Crippen molar-refractivity contribution in [3.63, 3.8) is 0 Å². The predicted molar refractivity (Wildman–Crippen MR) is 61.1 cm³/mol. The molecule has 2 aromatic rings. The summed E-state index contributed by atoms with van der Waals surface area (Å²) in [5.41, 5.74) is 2.26. The highest BCUT2D eigenvalue weighted by Gasteiger charge is 2.09. The van der Waals surface area contributed by atoms with E-state index in [0.29, 0.717) is 5.76 Å². The molecule has 94 valence electrons. The van der Waals surface area contributed by atoms with E-state index < -0.39 is 11.7 Å². The highest BCUT2D eigenvalue weighted by molar-refractivity contribution is 5.93. The monoisotopic (exact) mass is 250 g/mol. The van der Waals surface area contributed by atoms with Crippen molar-refractivity contribution in [2.45, 2.75) is 6.61 Å². The van der Waals surface area contributed by atoms with Crippen LogP contribution in [0.5, 0.6) is 5.75 Å². The molecule has 0 saturated carbocycles. The number of carbonyl (C=O) groups is 1. The van der Waals surface area contributed by atoms with Gasteiger partial charge in [-0.25, -0.2) is 10.2 Å². The standard InChI is InChI=1S/C12H11FN2O3/c13-10-3-1-2-4-11(10)18-7-9-5-8(6-17-9)12(16)15-14/h1-6H,7,14H2,(H,15,16). The van der Waals surface area contributed by atoms with Gasteiger partial charge in [-0.15, -0.1) is 0 Å². The number of rotatable bonds is 4. The zero-order valence-corrected chi connectivity index (χ0v) is 9.35. The Kier molecular flexibility index (Phi) is 3.59. The van der Waals surface area contributed by atoms with E-state index in [9.17, 15) is 9.18 Å². The van der Waals surface area contributed by atoms with Crippen molar-refractivity contribution in [1.82, 2.24) is 5.43 Å². The summed E-state index contributed by atoms with van der Waals surface area (Å²) in [6.45, 7) is 0.0266. The number of nitrogen functional groups attached to an aromatic ring is 1. The maximum atomic E-state index is 13.2. The molecule has 6 heteroatoms. The Hall–Kier alpha value is -2.34. The van der Waals surface area contributed by atoms with Crippen LogP contribution in [0.3, 0.4) is 0 Å². The van der Waals surface area contributed by atoms with Gasteiger partial charge in [0.15, 0.2) is 11.6 Å². The first kappa shape index (κ1) is 12.1. The number of carbonyl (C=O) groups excluding carboxylic acids is 1. The first-order valence-electron chi connectivity index (χ1n) is 5.16. The summed E-state index contributed by atoms with van der Waals surface area (Å²) in [5, 5.41) is 0. The van der Waals surface area contributed by atoms with Crippen LogP contribution < -0.4 is 16.0 Å². The van der Waals surface area contributed by atoms with Gasteiger partial charge in [-0.3, -0.25) is 10.2 Å². The Balaban J connectivity index is 2.01. The number of amides is 1. The molecule has 5 nitrogen and oxygen atoms in total. The fraction of sp³-hybridized carbons (Fsp3) is 0.0833.